The van der Waals surface area contributed by atoms with Crippen molar-refractivity contribution >= 4 is 11.9 Å². The van der Waals surface area contributed by atoms with Gasteiger partial charge in [-0.2, -0.15) is 0 Å². The number of halogens is 1. The first-order valence-corrected chi connectivity index (χ1v) is 5.99. The summed E-state index contributed by atoms with van der Waals surface area (Å²) in [5, 5.41) is 2.50. The summed E-state index contributed by atoms with van der Waals surface area (Å²) >= 11 is 0. The number of benzene rings is 1. The number of carbonyl (C=O) groups excluding carboxylic acids is 2. The van der Waals surface area contributed by atoms with Crippen molar-refractivity contribution in [3.63, 3.8) is 0 Å². The van der Waals surface area contributed by atoms with Crippen LogP contribution in [-0.2, 0) is 20.7 Å². The molecule has 1 atom stereocenters. The van der Waals surface area contributed by atoms with Gasteiger partial charge in [0.15, 0.2) is 6.04 Å². The second-order valence-corrected chi connectivity index (χ2v) is 3.90. The van der Waals surface area contributed by atoms with Gasteiger partial charge in [0.25, 0.3) is 0 Å². The van der Waals surface area contributed by atoms with Crippen LogP contribution in [0, 0.1) is 5.82 Å². The fourth-order valence-corrected chi connectivity index (χ4v) is 1.47. The number of nitrogens with two attached hydrogens (primary N) is 1. The van der Waals surface area contributed by atoms with Gasteiger partial charge in [0, 0.05) is 6.54 Å². The van der Waals surface area contributed by atoms with E-state index < -0.39 is 17.9 Å². The molecular formula is C13H17FN2O3. The third kappa shape index (κ3) is 5.05. The third-order valence-electron chi connectivity index (χ3n) is 2.42. The molecule has 0 spiro atoms. The van der Waals surface area contributed by atoms with Crippen molar-refractivity contribution in [1.29, 1.82) is 0 Å². The molecule has 1 unspecified atom stereocenters. The molecule has 1 aromatic carbocycles. The number of hydrogen-bond acceptors (Lipinski definition) is 4. The van der Waals surface area contributed by atoms with Crippen LogP contribution in [0.2, 0.25) is 0 Å². The zero-order valence-electron chi connectivity index (χ0n) is 10.7. The summed E-state index contributed by atoms with van der Waals surface area (Å²) in [7, 11) is 0. The highest BCUT2D eigenvalue weighted by Gasteiger charge is 2.22. The molecule has 0 aliphatic carbocycles. The molecule has 0 fully saturated rings. The predicted octanol–water partition coefficient (Wildman–Crippen LogP) is 0.375. The second-order valence-electron chi connectivity index (χ2n) is 3.90. The zero-order valence-corrected chi connectivity index (χ0v) is 10.7. The minimum Gasteiger partial charge on any atom is -0.464 e. The van der Waals surface area contributed by atoms with Crippen molar-refractivity contribution in [2.24, 2.45) is 5.73 Å². The molecule has 0 radical (unpaired) electrons. The van der Waals surface area contributed by atoms with Gasteiger partial charge >= 0.3 is 5.97 Å². The molecule has 104 valence electrons. The average molecular weight is 268 g/mol. The fourth-order valence-electron chi connectivity index (χ4n) is 1.47. The van der Waals surface area contributed by atoms with Gasteiger partial charge in [-0.1, -0.05) is 12.1 Å². The second kappa shape index (κ2) is 7.48. The Labute approximate surface area is 110 Å². The van der Waals surface area contributed by atoms with Crippen LogP contribution in [0.15, 0.2) is 24.3 Å². The fraction of sp³-hybridized carbons (Fsp3) is 0.385. The van der Waals surface area contributed by atoms with E-state index in [1.165, 1.54) is 12.1 Å². The van der Waals surface area contributed by atoms with Gasteiger partial charge in [-0.05, 0) is 31.0 Å². The molecule has 0 saturated heterocycles. The molecular weight excluding hydrogens is 251 g/mol. The summed E-state index contributed by atoms with van der Waals surface area (Å²) in [6.07, 6.45) is 0.457. The number of carbonyl (C=O) groups is 2. The number of esters is 1. The highest BCUT2D eigenvalue weighted by molar-refractivity contribution is 6.01. The normalized spacial score (nSPS) is 11.7. The molecule has 1 amide bonds. The van der Waals surface area contributed by atoms with Gasteiger partial charge in [0.2, 0.25) is 5.91 Å². The van der Waals surface area contributed by atoms with Crippen LogP contribution in [0.4, 0.5) is 4.39 Å². The number of amides is 1. The van der Waals surface area contributed by atoms with Crippen molar-refractivity contribution in [2.75, 3.05) is 13.2 Å². The smallest absolute Gasteiger partial charge is 0.332 e. The van der Waals surface area contributed by atoms with E-state index >= 15 is 0 Å². The molecule has 6 heteroatoms. The minimum atomic E-state index is -1.33. The lowest BCUT2D eigenvalue weighted by Gasteiger charge is -2.11. The van der Waals surface area contributed by atoms with E-state index in [4.69, 9.17) is 5.73 Å². The van der Waals surface area contributed by atoms with Crippen LogP contribution < -0.4 is 11.1 Å². The molecule has 0 bridgehead atoms. The van der Waals surface area contributed by atoms with Crippen molar-refractivity contribution in [3.8, 4) is 0 Å². The lowest BCUT2D eigenvalue weighted by molar-refractivity contribution is -0.147. The molecule has 5 nitrogen and oxygen atoms in total. The van der Waals surface area contributed by atoms with Crippen molar-refractivity contribution in [3.05, 3.63) is 35.6 Å². The van der Waals surface area contributed by atoms with E-state index in [0.717, 1.165) is 5.56 Å². The van der Waals surface area contributed by atoms with Gasteiger partial charge in [-0.25, -0.2) is 9.18 Å². The molecule has 1 aromatic rings. The largest absolute Gasteiger partial charge is 0.464 e. The molecule has 0 aliphatic rings. The first-order valence-electron chi connectivity index (χ1n) is 5.99. The monoisotopic (exact) mass is 268 g/mol. The summed E-state index contributed by atoms with van der Waals surface area (Å²) in [6, 6.07) is 4.75. The van der Waals surface area contributed by atoms with Gasteiger partial charge in [-0.3, -0.25) is 4.79 Å². The first kappa shape index (κ1) is 15.1. The Bertz CT molecular complexity index is 451. The Morgan fingerprint density at radius 1 is 1.47 bits per heavy atom. The molecule has 3 N–H and O–H groups in total. The molecule has 19 heavy (non-hydrogen) atoms. The van der Waals surface area contributed by atoms with Crippen LogP contribution in [0.3, 0.4) is 0 Å². The molecule has 0 heterocycles. The molecule has 0 saturated carbocycles. The quantitative estimate of drug-likeness (QED) is 0.577. The van der Waals surface area contributed by atoms with Gasteiger partial charge in [-0.15, -0.1) is 0 Å². The van der Waals surface area contributed by atoms with Crippen LogP contribution in [0.1, 0.15) is 12.5 Å². The van der Waals surface area contributed by atoms with Crippen LogP contribution in [0.5, 0.6) is 0 Å². The number of nitrogens with one attached hydrogen (secondary N) is 1. The lowest BCUT2D eigenvalue weighted by atomic mass is 10.1. The van der Waals surface area contributed by atoms with E-state index in [-0.39, 0.29) is 19.0 Å². The lowest BCUT2D eigenvalue weighted by Crippen LogP contribution is -2.47. The Hall–Kier alpha value is -1.95. The summed E-state index contributed by atoms with van der Waals surface area (Å²) in [4.78, 5) is 22.7. The third-order valence-corrected chi connectivity index (χ3v) is 2.42. The number of rotatable bonds is 6. The van der Waals surface area contributed by atoms with Gasteiger partial charge in [0.1, 0.15) is 5.82 Å². The van der Waals surface area contributed by atoms with Crippen molar-refractivity contribution in [1.82, 2.24) is 5.32 Å². The SMILES string of the molecule is CCOC(=O)C(N)C(=O)NCCc1cccc(F)c1. The topological polar surface area (TPSA) is 81.4 Å². The Balaban J connectivity index is 2.36. The highest BCUT2D eigenvalue weighted by Crippen LogP contribution is 2.03. The summed E-state index contributed by atoms with van der Waals surface area (Å²) in [6.45, 7) is 2.07. The molecule has 0 aliphatic heterocycles. The Morgan fingerprint density at radius 2 is 2.21 bits per heavy atom. The first-order chi connectivity index (χ1) is 9.04. The molecule has 0 aromatic heterocycles. The predicted molar refractivity (Wildman–Crippen MR) is 67.7 cm³/mol. The van der Waals surface area contributed by atoms with Gasteiger partial charge in [0.05, 0.1) is 6.61 Å². The maximum absolute atomic E-state index is 12.9. The maximum atomic E-state index is 12.9. The van der Waals surface area contributed by atoms with Crippen LogP contribution >= 0.6 is 0 Å². The standard InChI is InChI=1S/C13H17FN2O3/c1-2-19-13(18)11(15)12(17)16-7-6-9-4-3-5-10(14)8-9/h3-5,8,11H,2,6-7,15H2,1H3,(H,16,17). The van der Waals surface area contributed by atoms with E-state index in [1.54, 1.807) is 19.1 Å². The number of ether oxygens (including phenoxy) is 1. The van der Waals surface area contributed by atoms with E-state index in [2.05, 4.69) is 10.1 Å². The maximum Gasteiger partial charge on any atom is 0.332 e. The summed E-state index contributed by atoms with van der Waals surface area (Å²) < 4.78 is 17.5. The number of hydrogen-bond donors (Lipinski definition) is 2. The van der Waals surface area contributed by atoms with Crippen LogP contribution in [-0.4, -0.2) is 31.1 Å². The minimum absolute atomic E-state index is 0.170. The van der Waals surface area contributed by atoms with Crippen LogP contribution in [0.25, 0.3) is 0 Å². The van der Waals surface area contributed by atoms with E-state index in [1.807, 2.05) is 0 Å². The van der Waals surface area contributed by atoms with Crippen molar-refractivity contribution < 1.29 is 18.7 Å². The van der Waals surface area contributed by atoms with E-state index in [9.17, 15) is 14.0 Å². The van der Waals surface area contributed by atoms with Crippen molar-refractivity contribution in [2.45, 2.75) is 19.4 Å². The summed E-state index contributed by atoms with van der Waals surface area (Å²) in [5.74, 6) is -1.69. The summed E-state index contributed by atoms with van der Waals surface area (Å²) in [5.41, 5.74) is 6.16. The van der Waals surface area contributed by atoms with Gasteiger partial charge < -0.3 is 15.8 Å². The average Bonchev–Trinajstić information content (AvgIpc) is 2.38. The van der Waals surface area contributed by atoms with E-state index in [0.29, 0.717) is 6.42 Å². The Morgan fingerprint density at radius 3 is 2.84 bits per heavy atom. The molecule has 1 rings (SSSR count). The highest BCUT2D eigenvalue weighted by atomic mass is 19.1. The Kier molecular flexibility index (Phi) is 5.95. The zero-order chi connectivity index (χ0) is 14.3.